The number of aromatic hydroxyl groups is 1. The highest BCUT2D eigenvalue weighted by Crippen LogP contribution is 2.12. The zero-order valence-corrected chi connectivity index (χ0v) is 30.4. The van der Waals surface area contributed by atoms with Crippen LogP contribution in [0.15, 0.2) is 54.6 Å². The van der Waals surface area contributed by atoms with E-state index in [9.17, 15) is 43.8 Å². The summed E-state index contributed by atoms with van der Waals surface area (Å²) >= 11 is 1.42. The van der Waals surface area contributed by atoms with Crippen molar-refractivity contribution in [2.75, 3.05) is 31.7 Å². The van der Waals surface area contributed by atoms with Gasteiger partial charge in [-0.3, -0.25) is 28.8 Å². The van der Waals surface area contributed by atoms with E-state index in [0.717, 1.165) is 0 Å². The van der Waals surface area contributed by atoms with Crippen LogP contribution in [0.5, 0.6) is 5.75 Å². The zero-order chi connectivity index (χ0) is 38.6. The molecule has 0 aliphatic carbocycles. The van der Waals surface area contributed by atoms with Crippen molar-refractivity contribution in [1.82, 2.24) is 31.9 Å². The number of rotatable bonds is 21. The van der Waals surface area contributed by atoms with E-state index >= 15 is 0 Å². The van der Waals surface area contributed by atoms with Crippen LogP contribution in [0.4, 0.5) is 0 Å². The monoisotopic (exact) mass is 744 g/mol. The molecule has 0 unspecified atom stereocenters. The van der Waals surface area contributed by atoms with Gasteiger partial charge in [0.15, 0.2) is 6.04 Å². The summed E-state index contributed by atoms with van der Waals surface area (Å²) in [7, 11) is 0. The van der Waals surface area contributed by atoms with Gasteiger partial charge in [0.2, 0.25) is 35.4 Å². The molecule has 2 rings (SSSR count). The molecule has 2 aromatic rings. The maximum absolute atomic E-state index is 13.6. The molecule has 0 saturated carbocycles. The molecule has 0 fully saturated rings. The number of aliphatic hydroxyl groups is 1. The van der Waals surface area contributed by atoms with E-state index in [-0.39, 0.29) is 31.6 Å². The van der Waals surface area contributed by atoms with E-state index in [1.807, 2.05) is 6.26 Å². The first-order valence-corrected chi connectivity index (χ1v) is 18.0. The lowest BCUT2D eigenvalue weighted by atomic mass is 10.0. The first-order valence-electron chi connectivity index (χ1n) is 16.6. The molecule has 0 aliphatic heterocycles. The average molecular weight is 745 g/mol. The molecule has 0 bridgehead atoms. The van der Waals surface area contributed by atoms with Crippen LogP contribution in [0, 0.1) is 0 Å². The first kappa shape index (κ1) is 43.0. The van der Waals surface area contributed by atoms with Gasteiger partial charge in [-0.1, -0.05) is 42.5 Å². The minimum atomic E-state index is -1.37. The Morgan fingerprint density at radius 1 is 0.731 bits per heavy atom. The Balaban J connectivity index is 2.07. The maximum atomic E-state index is 13.6. The third kappa shape index (κ3) is 15.8. The van der Waals surface area contributed by atoms with Gasteiger partial charge >= 0.3 is 5.97 Å². The zero-order valence-electron chi connectivity index (χ0n) is 29.6. The molecule has 0 radical (unpaired) electrons. The van der Waals surface area contributed by atoms with Gasteiger partial charge in [0.1, 0.15) is 23.9 Å². The Morgan fingerprint density at radius 2 is 1.31 bits per heavy atom. The summed E-state index contributed by atoms with van der Waals surface area (Å²) in [4.78, 5) is 89.2. The third-order valence-corrected chi connectivity index (χ3v) is 8.08. The fourth-order valence-corrected chi connectivity index (χ4v) is 5.27. The number of aliphatic hydroxyl groups excluding tert-OH is 1. The molecule has 284 valence electrons. The van der Waals surface area contributed by atoms with Crippen LogP contribution in [-0.4, -0.2) is 114 Å². The minimum absolute atomic E-state index is 0.0294. The fraction of sp³-hybridized carbons (Fsp3) is 0.457. The van der Waals surface area contributed by atoms with Crippen LogP contribution < -0.4 is 31.9 Å². The number of carbonyl (C=O) groups is 7. The second kappa shape index (κ2) is 22.6. The van der Waals surface area contributed by atoms with Gasteiger partial charge in [-0.2, -0.15) is 11.8 Å². The lowest BCUT2D eigenvalue weighted by Gasteiger charge is -2.26. The molecule has 2 aromatic carbocycles. The van der Waals surface area contributed by atoms with Crippen molar-refractivity contribution in [3.63, 3.8) is 0 Å². The van der Waals surface area contributed by atoms with Crippen molar-refractivity contribution in [1.29, 1.82) is 0 Å². The largest absolute Gasteiger partial charge is 0.508 e. The second-order valence-corrected chi connectivity index (χ2v) is 12.7. The number of hydrogen-bond acceptors (Lipinski definition) is 11. The molecule has 0 aromatic heterocycles. The quantitative estimate of drug-likeness (QED) is 0.0726. The molecule has 17 heteroatoms. The molecule has 0 aliphatic rings. The summed E-state index contributed by atoms with van der Waals surface area (Å²) < 4.78 is 4.95. The standard InChI is InChI=1S/C35H48N6O10S/c1-5-51-35(50)31(21(2)42)41-33(48)26(15-16-52-4)40-34(49)28(17-23-9-7-6-8-10-23)39-30(46)20-36-29(45)19-37-32(47)27(38-22(3)43)18-24-11-13-25(44)14-12-24/h6-14,21,26-28,31,42,44H,5,15-20H2,1-4H3,(H,36,45)(H,37,47)(H,38,43)(H,39,46)(H,40,49)(H,41,48)/t21-,26+,27+,28+,31+/m1/s1. The lowest BCUT2D eigenvalue weighted by Crippen LogP contribution is -2.58. The topological polar surface area (TPSA) is 241 Å². The van der Waals surface area contributed by atoms with Gasteiger partial charge in [-0.15, -0.1) is 0 Å². The number of nitrogens with one attached hydrogen (secondary N) is 6. The number of thioether (sulfide) groups is 1. The molecule has 5 atom stereocenters. The number of carbonyl (C=O) groups excluding carboxylic acids is 7. The predicted octanol–water partition coefficient (Wildman–Crippen LogP) is -0.934. The fourth-order valence-electron chi connectivity index (χ4n) is 4.80. The summed E-state index contributed by atoms with van der Waals surface area (Å²) in [5.41, 5.74) is 1.34. The van der Waals surface area contributed by atoms with Crippen molar-refractivity contribution in [2.45, 2.75) is 70.3 Å². The van der Waals surface area contributed by atoms with Crippen LogP contribution >= 0.6 is 11.8 Å². The van der Waals surface area contributed by atoms with E-state index in [2.05, 4.69) is 31.9 Å². The second-order valence-electron chi connectivity index (χ2n) is 11.7. The molecule has 6 amide bonds. The SMILES string of the molecule is CCOC(=O)[C@@H](NC(=O)[C@H](CCSC)NC(=O)[C@H](Cc1ccccc1)NC(=O)CNC(=O)CNC(=O)[C@H](Cc1ccc(O)cc1)NC(C)=O)[C@@H](C)O. The van der Waals surface area contributed by atoms with Crippen molar-refractivity contribution in [3.05, 3.63) is 65.7 Å². The van der Waals surface area contributed by atoms with E-state index in [0.29, 0.717) is 16.9 Å². The number of phenolic OH excluding ortho intramolecular Hbond substituents is 1. The summed E-state index contributed by atoms with van der Waals surface area (Å²) in [5.74, 6) is -4.35. The molecular weight excluding hydrogens is 696 g/mol. The van der Waals surface area contributed by atoms with Crippen molar-refractivity contribution < 1.29 is 48.5 Å². The van der Waals surface area contributed by atoms with Gasteiger partial charge < -0.3 is 46.9 Å². The maximum Gasteiger partial charge on any atom is 0.331 e. The van der Waals surface area contributed by atoms with Crippen LogP contribution in [0.2, 0.25) is 0 Å². The number of benzene rings is 2. The normalized spacial score (nSPS) is 13.6. The van der Waals surface area contributed by atoms with Gasteiger partial charge in [-0.05, 0) is 55.5 Å². The van der Waals surface area contributed by atoms with Gasteiger partial charge in [0.25, 0.3) is 0 Å². The van der Waals surface area contributed by atoms with E-state index in [1.54, 1.807) is 49.4 Å². The Labute approximate surface area is 306 Å². The van der Waals surface area contributed by atoms with E-state index < -0.39 is 84.8 Å². The molecule has 52 heavy (non-hydrogen) atoms. The van der Waals surface area contributed by atoms with Gasteiger partial charge in [0, 0.05) is 19.8 Å². The number of amides is 6. The van der Waals surface area contributed by atoms with Crippen molar-refractivity contribution in [3.8, 4) is 5.75 Å². The van der Waals surface area contributed by atoms with E-state index in [1.165, 1.54) is 37.7 Å². The van der Waals surface area contributed by atoms with Gasteiger partial charge in [-0.25, -0.2) is 4.79 Å². The minimum Gasteiger partial charge on any atom is -0.508 e. The molecule has 0 heterocycles. The third-order valence-electron chi connectivity index (χ3n) is 7.44. The number of hydrogen-bond donors (Lipinski definition) is 8. The highest BCUT2D eigenvalue weighted by atomic mass is 32.2. The van der Waals surface area contributed by atoms with Crippen LogP contribution in [0.1, 0.15) is 38.3 Å². The van der Waals surface area contributed by atoms with E-state index in [4.69, 9.17) is 4.74 Å². The van der Waals surface area contributed by atoms with Crippen LogP contribution in [0.25, 0.3) is 0 Å². The molecule has 16 nitrogen and oxygen atoms in total. The smallest absolute Gasteiger partial charge is 0.331 e. The van der Waals surface area contributed by atoms with Crippen molar-refractivity contribution in [2.24, 2.45) is 0 Å². The van der Waals surface area contributed by atoms with Crippen molar-refractivity contribution >= 4 is 53.2 Å². The Kier molecular flexibility index (Phi) is 18.7. The molecular formula is C35H48N6O10S. The van der Waals surface area contributed by atoms with Gasteiger partial charge in [0.05, 0.1) is 25.8 Å². The number of esters is 1. The Morgan fingerprint density at radius 3 is 1.88 bits per heavy atom. The lowest BCUT2D eigenvalue weighted by molar-refractivity contribution is -0.150. The van der Waals surface area contributed by atoms with Crippen LogP contribution in [0.3, 0.4) is 0 Å². The summed E-state index contributed by atoms with van der Waals surface area (Å²) in [6.45, 7) is 3.10. The summed E-state index contributed by atoms with van der Waals surface area (Å²) in [6.07, 6.45) is 0.819. The first-order chi connectivity index (χ1) is 24.7. The highest BCUT2D eigenvalue weighted by Gasteiger charge is 2.32. The highest BCUT2D eigenvalue weighted by molar-refractivity contribution is 7.98. The molecule has 0 saturated heterocycles. The number of phenols is 1. The predicted molar refractivity (Wildman–Crippen MR) is 193 cm³/mol. The summed E-state index contributed by atoms with van der Waals surface area (Å²) in [5, 5.41) is 34.6. The Bertz CT molecular complexity index is 1510. The summed E-state index contributed by atoms with van der Waals surface area (Å²) in [6, 6.07) is 10.1. The molecule has 0 spiro atoms. The average Bonchev–Trinajstić information content (AvgIpc) is 3.10. The Hall–Kier alpha value is -5.16. The molecule has 8 N–H and O–H groups in total. The number of ether oxygens (including phenoxy) is 1. The van der Waals surface area contributed by atoms with Crippen LogP contribution in [-0.2, 0) is 51.1 Å².